The molecule has 32 rings (SSSR count). The quantitative estimate of drug-likeness (QED) is 0.164. The number of aromatic nitrogens is 8. The van der Waals surface area contributed by atoms with E-state index in [0.717, 1.165) is 109 Å². The summed E-state index contributed by atoms with van der Waals surface area (Å²) in [6.07, 6.45) is 0. The molecule has 12 aromatic heterocycles. The van der Waals surface area contributed by atoms with Crippen LogP contribution in [0.3, 0.4) is 0 Å². The van der Waals surface area contributed by atoms with Crippen LogP contribution in [0.25, 0.3) is 262 Å². The molecule has 0 radical (unpaired) electrons. The molecule has 0 aliphatic rings. The van der Waals surface area contributed by atoms with Crippen molar-refractivity contribution in [2.24, 2.45) is 0 Å². The zero-order valence-corrected chi connectivity index (χ0v) is 78.6. The van der Waals surface area contributed by atoms with E-state index in [2.05, 4.69) is 491 Å². The van der Waals surface area contributed by atoms with E-state index in [1.54, 1.807) is 0 Å². The maximum atomic E-state index is 10.6. The van der Waals surface area contributed by atoms with Gasteiger partial charge in [0.1, 0.15) is 0 Å². The molecule has 0 aliphatic heterocycles. The third-order valence-corrected chi connectivity index (χ3v) is 30.7. The van der Waals surface area contributed by atoms with Gasteiger partial charge in [-0.05, 0) is 264 Å². The predicted molar refractivity (Wildman–Crippen MR) is 589 cm³/mol. The van der Waals surface area contributed by atoms with E-state index in [-0.39, 0.29) is 0 Å². The van der Waals surface area contributed by atoms with E-state index < -0.39 is 0 Å². The van der Waals surface area contributed by atoms with Crippen molar-refractivity contribution in [3.8, 4) is 41.0 Å². The van der Waals surface area contributed by atoms with Crippen molar-refractivity contribution in [3.05, 3.63) is 429 Å². The number of benzene rings is 20. The molecule has 0 amide bonds. The lowest BCUT2D eigenvalue weighted by molar-refractivity contribution is 1.17. The molecule has 32 aromatic rings. The zero-order valence-electron chi connectivity index (χ0n) is 72.7. The highest BCUT2D eigenvalue weighted by Crippen LogP contribution is 2.49. The molecule has 14 heteroatoms. The van der Waals surface area contributed by atoms with Gasteiger partial charge in [-0.2, -0.15) is 15.8 Å². The van der Waals surface area contributed by atoms with Crippen molar-refractivity contribution in [3.63, 3.8) is 0 Å². The molecule has 0 aliphatic carbocycles. The number of para-hydroxylation sites is 10. The maximum absolute atomic E-state index is 10.6. The Bertz CT molecular complexity index is 10400. The van der Waals surface area contributed by atoms with Crippen LogP contribution in [0.5, 0.6) is 0 Å². The average Bonchev–Trinajstić information content (AvgIpc) is 1.54. The summed E-state index contributed by atoms with van der Waals surface area (Å²) in [6, 6.07) is 151. The second-order valence-electron chi connectivity index (χ2n) is 35.9. The molecule has 12 heterocycles. The third-order valence-electron chi connectivity index (χ3n) is 28.9. The third kappa shape index (κ3) is 11.0. The molecular formula is C123H66BrI2N11. The maximum Gasteiger partial charge on any atom is 0.0992 e. The second kappa shape index (κ2) is 29.4. The zero-order chi connectivity index (χ0) is 90.6. The second-order valence-corrected chi connectivity index (χ2v) is 39.3. The molecule has 0 saturated carbocycles. The van der Waals surface area contributed by atoms with Crippen LogP contribution in [0, 0.1) is 41.1 Å². The fraction of sp³-hybridized carbons (Fsp3) is 0. The number of hydrogen-bond donors (Lipinski definition) is 0. The minimum atomic E-state index is 0.647. The van der Waals surface area contributed by atoms with E-state index in [4.69, 9.17) is 0 Å². The SMILES string of the molecule is Brc1cc2c3ccccc3n3c4ccccc4c(c1)c23.N#Cc1cc2c3cc(-n4c5ccccc5c5cc(-n6c7ccccc7c7ccccc76)ccc54)ccc3n3c4ccc(-n5c6ccccc6c6cc(-n7c8ccccc8c8ccccc87)ccc65)cc4c(c1)c23.N#Cc1cc2c3cc(I)ccc3n3c4ccc(I)cc4c(c1)c23.N#Cc1cc2c3ccccc3n3c4ccccc4c(c1)c23. The Morgan fingerprint density at radius 1 is 0.168 bits per heavy atom. The van der Waals surface area contributed by atoms with Gasteiger partial charge in [-0.1, -0.05) is 198 Å². The Hall–Kier alpha value is -16.8. The van der Waals surface area contributed by atoms with Crippen LogP contribution in [0.4, 0.5) is 0 Å². The van der Waals surface area contributed by atoms with Crippen LogP contribution >= 0.6 is 61.1 Å². The summed E-state index contributed by atoms with van der Waals surface area (Å²) >= 11 is 8.35. The Balaban J connectivity index is 0.000000113. The van der Waals surface area contributed by atoms with Gasteiger partial charge >= 0.3 is 0 Å². The van der Waals surface area contributed by atoms with Crippen LogP contribution in [0.15, 0.2) is 405 Å². The number of halogens is 3. The highest BCUT2D eigenvalue weighted by molar-refractivity contribution is 14.1. The van der Waals surface area contributed by atoms with Gasteiger partial charge in [0.05, 0.1) is 145 Å². The smallest absolute Gasteiger partial charge is 0.0992 e. The Morgan fingerprint density at radius 2 is 0.336 bits per heavy atom. The Morgan fingerprint density at radius 3 is 0.584 bits per heavy atom. The van der Waals surface area contributed by atoms with Gasteiger partial charge in [-0.3, -0.25) is 0 Å². The van der Waals surface area contributed by atoms with Gasteiger partial charge in [0, 0.05) is 164 Å². The van der Waals surface area contributed by atoms with Crippen molar-refractivity contribution < 1.29 is 0 Å². The predicted octanol–water partition coefficient (Wildman–Crippen LogP) is 33.3. The van der Waals surface area contributed by atoms with Crippen LogP contribution in [-0.4, -0.2) is 35.9 Å². The van der Waals surface area contributed by atoms with Crippen LogP contribution in [0.2, 0.25) is 0 Å². The highest BCUT2D eigenvalue weighted by atomic mass is 127. The molecule has 0 unspecified atom stereocenters. The largest absolute Gasteiger partial charge is 0.309 e. The number of nitrogens with zero attached hydrogens (tertiary/aromatic N) is 11. The normalized spacial score (nSPS) is 12.2. The number of fused-ring (bicyclic) bond motifs is 36. The average molecular weight is 2030 g/mol. The fourth-order valence-electron chi connectivity index (χ4n) is 23.5. The number of hydrogen-bond acceptors (Lipinski definition) is 3. The van der Waals surface area contributed by atoms with E-state index in [0.29, 0.717) is 5.56 Å². The van der Waals surface area contributed by atoms with E-state index >= 15 is 0 Å². The molecule has 634 valence electrons. The van der Waals surface area contributed by atoms with E-state index in [1.165, 1.54) is 176 Å². The Labute approximate surface area is 814 Å². The van der Waals surface area contributed by atoms with Crippen molar-refractivity contribution >= 4 is 301 Å². The molecule has 11 nitrogen and oxygen atoms in total. The molecule has 137 heavy (non-hydrogen) atoms. The summed E-state index contributed by atoms with van der Waals surface area (Å²) in [5.74, 6) is 0. The molecular weight excluding hydrogens is 1970 g/mol. The van der Waals surface area contributed by atoms with Crippen molar-refractivity contribution in [1.29, 1.82) is 15.8 Å². The van der Waals surface area contributed by atoms with Crippen LogP contribution in [0.1, 0.15) is 16.7 Å². The number of nitriles is 3. The summed E-state index contributed by atoms with van der Waals surface area (Å²) in [7, 11) is 0. The molecule has 20 aromatic carbocycles. The summed E-state index contributed by atoms with van der Waals surface area (Å²) in [6.45, 7) is 0. The Kier molecular flexibility index (Phi) is 16.7. The highest BCUT2D eigenvalue weighted by Gasteiger charge is 2.28. The first-order valence-corrected chi connectivity index (χ1v) is 48.6. The molecule has 0 spiro atoms. The van der Waals surface area contributed by atoms with Crippen molar-refractivity contribution in [2.45, 2.75) is 0 Å². The van der Waals surface area contributed by atoms with Gasteiger partial charge in [0.25, 0.3) is 0 Å². The van der Waals surface area contributed by atoms with E-state index in [1.807, 2.05) is 24.3 Å². The first-order chi connectivity index (χ1) is 67.6. The minimum Gasteiger partial charge on any atom is -0.309 e. The fourth-order valence-corrected chi connectivity index (χ4v) is 25.0. The minimum absolute atomic E-state index is 0.647. The first kappa shape index (κ1) is 77.8. The lowest BCUT2D eigenvalue weighted by atomic mass is 10.0. The van der Waals surface area contributed by atoms with Gasteiger partial charge < -0.3 is 35.9 Å². The summed E-state index contributed by atoms with van der Waals surface area (Å²) in [5, 5.41) is 58.4. The summed E-state index contributed by atoms with van der Waals surface area (Å²) < 4.78 is 22.6. The summed E-state index contributed by atoms with van der Waals surface area (Å²) in [5.41, 5.74) is 30.4. The van der Waals surface area contributed by atoms with Gasteiger partial charge in [0.2, 0.25) is 0 Å². The number of rotatable bonds is 4. The van der Waals surface area contributed by atoms with Gasteiger partial charge in [-0.25, -0.2) is 0 Å². The van der Waals surface area contributed by atoms with Crippen molar-refractivity contribution in [2.75, 3.05) is 0 Å². The molecule has 0 saturated heterocycles. The lowest BCUT2D eigenvalue weighted by Crippen LogP contribution is -1.96. The van der Waals surface area contributed by atoms with E-state index in [9.17, 15) is 15.8 Å². The molecule has 0 bridgehead atoms. The van der Waals surface area contributed by atoms with Crippen LogP contribution in [-0.2, 0) is 0 Å². The van der Waals surface area contributed by atoms with Gasteiger partial charge in [-0.15, -0.1) is 0 Å². The molecule has 0 atom stereocenters. The topological polar surface area (TPSA) is 109 Å². The summed E-state index contributed by atoms with van der Waals surface area (Å²) in [4.78, 5) is 0. The molecule has 0 fully saturated rings. The monoisotopic (exact) mass is 2030 g/mol. The first-order valence-electron chi connectivity index (χ1n) is 45.7. The standard InChI is InChI=1S/C67H38N6.C19H8I2N2.C19H10N2.C18H10BrN/c68-39-40-33-55-53-37-43(71-61-23-11-5-17-49(61)51-35-41(25-29-63(51)71)69-57-19-7-1-13-45(57)46-14-2-8-20-58(46)69)27-31-65(53)73-66-32-28-44(38-54(66)56(34-40)67(55)73)72-62-24-12-6-18-50(62)52-36-42(26-30-64(52)72)70-59-21-9-3-15-47(59)48-16-4-10-22-60(48)70;20-11-1-3-17-13(7-11)15-5-10(9-22)6-16-14-8-12(21)2-4-18(14)23(17)19(15)16;20-11-12-9-15-13-5-1-3-7-17(13)21-18-8-4-2-6-14(18)16(10-12)19(15)21;19-11-9-14-12-5-1-3-7-16(12)20-17-8-4-2-6-13(17)15(10-11)18(14)20/h1-38H;1-8H;1-10H;1-10H. The molecule has 0 N–H and O–H groups in total. The van der Waals surface area contributed by atoms with Crippen molar-refractivity contribution in [1.82, 2.24) is 35.9 Å². The lowest BCUT2D eigenvalue weighted by Gasteiger charge is -2.11. The van der Waals surface area contributed by atoms with Crippen LogP contribution < -0.4 is 0 Å². The van der Waals surface area contributed by atoms with Gasteiger partial charge in [0.15, 0.2) is 0 Å².